The number of sulfonamides is 1. The molecule has 0 atom stereocenters. The highest BCUT2D eigenvalue weighted by Crippen LogP contribution is 2.28. The zero-order valence-electron chi connectivity index (χ0n) is 18.4. The predicted molar refractivity (Wildman–Crippen MR) is 121 cm³/mol. The van der Waals surface area contributed by atoms with E-state index >= 15 is 0 Å². The third-order valence-corrected chi connectivity index (χ3v) is 7.97. The minimum Gasteiger partial charge on any atom is -0.456 e. The van der Waals surface area contributed by atoms with Gasteiger partial charge in [-0.3, -0.25) is 0 Å². The van der Waals surface area contributed by atoms with Gasteiger partial charge in [0, 0.05) is 24.3 Å². The Hall–Kier alpha value is -3.08. The quantitative estimate of drug-likeness (QED) is 0.499. The van der Waals surface area contributed by atoms with Crippen molar-refractivity contribution in [2.75, 3.05) is 26.3 Å². The lowest BCUT2D eigenvalue weighted by Crippen LogP contribution is -2.40. The first kappa shape index (κ1) is 22.7. The van der Waals surface area contributed by atoms with Gasteiger partial charge in [0.1, 0.15) is 12.4 Å². The molecule has 0 amide bonds. The van der Waals surface area contributed by atoms with Crippen LogP contribution in [0, 0.1) is 5.82 Å². The summed E-state index contributed by atoms with van der Waals surface area (Å²) in [5.41, 5.74) is 3.26. The fraction of sp³-hybridized carbons (Fsp3) is 0.333. The second-order valence-corrected chi connectivity index (χ2v) is 10.2. The molecule has 1 aromatic heterocycles. The number of morpholine rings is 1. The van der Waals surface area contributed by atoms with Crippen LogP contribution in [0.5, 0.6) is 0 Å². The molecule has 0 saturated carbocycles. The first-order chi connectivity index (χ1) is 16.4. The molecule has 5 rings (SSSR count). The first-order valence-corrected chi connectivity index (χ1v) is 12.6. The number of carbonyl (C=O) groups excluding carboxylic acids is 1. The molecule has 0 bridgehead atoms. The van der Waals surface area contributed by atoms with E-state index in [2.05, 4.69) is 5.10 Å². The maximum absolute atomic E-state index is 13.3. The summed E-state index contributed by atoms with van der Waals surface area (Å²) in [4.78, 5) is 13.1. The number of fused-ring (bicyclic) bond motifs is 1. The largest absolute Gasteiger partial charge is 0.456 e. The SMILES string of the molecule is O=C(OCc1cccc(S(=O)(=O)N2CCOCC2)c1)c1nn(-c2ccc(F)cc2)c2c1CCC2. The number of halogens is 1. The van der Waals surface area contributed by atoms with Gasteiger partial charge < -0.3 is 9.47 Å². The van der Waals surface area contributed by atoms with Crippen LogP contribution >= 0.6 is 0 Å². The predicted octanol–water partition coefficient (Wildman–Crippen LogP) is 2.88. The Morgan fingerprint density at radius 2 is 1.85 bits per heavy atom. The van der Waals surface area contributed by atoms with Crippen LogP contribution < -0.4 is 0 Å². The Morgan fingerprint density at radius 3 is 2.62 bits per heavy atom. The van der Waals surface area contributed by atoms with E-state index in [4.69, 9.17) is 9.47 Å². The molecular formula is C24H24FN3O5S. The standard InChI is InChI=1S/C24H24FN3O5S/c25-18-7-9-19(10-8-18)28-22-6-2-5-21(22)23(26-28)24(29)33-16-17-3-1-4-20(15-17)34(30,31)27-11-13-32-14-12-27/h1,3-4,7-10,15H,2,5-6,11-14,16H2. The van der Waals surface area contributed by atoms with Crippen molar-refractivity contribution in [1.82, 2.24) is 14.1 Å². The van der Waals surface area contributed by atoms with E-state index in [0.717, 1.165) is 24.1 Å². The van der Waals surface area contributed by atoms with E-state index in [9.17, 15) is 17.6 Å². The van der Waals surface area contributed by atoms with Gasteiger partial charge in [0.15, 0.2) is 5.69 Å². The Balaban J connectivity index is 1.33. The zero-order chi connectivity index (χ0) is 23.7. The number of rotatable bonds is 6. The highest BCUT2D eigenvalue weighted by molar-refractivity contribution is 7.89. The van der Waals surface area contributed by atoms with Crippen molar-refractivity contribution in [3.8, 4) is 5.69 Å². The van der Waals surface area contributed by atoms with Gasteiger partial charge in [-0.05, 0) is 61.2 Å². The van der Waals surface area contributed by atoms with Gasteiger partial charge in [-0.1, -0.05) is 12.1 Å². The molecule has 34 heavy (non-hydrogen) atoms. The number of esters is 1. The van der Waals surface area contributed by atoms with Crippen molar-refractivity contribution in [3.63, 3.8) is 0 Å². The van der Waals surface area contributed by atoms with E-state index in [1.165, 1.54) is 28.6 Å². The van der Waals surface area contributed by atoms with E-state index in [1.807, 2.05) is 0 Å². The minimum absolute atomic E-state index is 0.0799. The third kappa shape index (κ3) is 4.36. The van der Waals surface area contributed by atoms with Crippen LogP contribution in [-0.2, 0) is 38.9 Å². The van der Waals surface area contributed by atoms with Crippen molar-refractivity contribution in [3.05, 3.63) is 76.9 Å². The summed E-state index contributed by atoms with van der Waals surface area (Å²) >= 11 is 0. The highest BCUT2D eigenvalue weighted by atomic mass is 32.2. The third-order valence-electron chi connectivity index (χ3n) is 6.07. The van der Waals surface area contributed by atoms with Gasteiger partial charge in [0.2, 0.25) is 10.0 Å². The van der Waals surface area contributed by atoms with Gasteiger partial charge in [-0.15, -0.1) is 0 Å². The number of hydrogen-bond acceptors (Lipinski definition) is 6. The second kappa shape index (κ2) is 9.28. The van der Waals surface area contributed by atoms with Gasteiger partial charge in [0.25, 0.3) is 0 Å². The summed E-state index contributed by atoms with van der Waals surface area (Å²) < 4.78 is 53.0. The smallest absolute Gasteiger partial charge is 0.359 e. The summed E-state index contributed by atoms with van der Waals surface area (Å²) in [6.45, 7) is 1.27. The molecule has 0 spiro atoms. The van der Waals surface area contributed by atoms with Crippen LogP contribution in [0.4, 0.5) is 4.39 Å². The number of benzene rings is 2. The van der Waals surface area contributed by atoms with Crippen LogP contribution in [-0.4, -0.2) is 54.8 Å². The molecule has 1 aliphatic carbocycles. The average Bonchev–Trinajstić information content (AvgIpc) is 3.47. The molecule has 178 valence electrons. The molecule has 0 N–H and O–H groups in total. The van der Waals surface area contributed by atoms with Gasteiger partial charge >= 0.3 is 5.97 Å². The first-order valence-electron chi connectivity index (χ1n) is 11.1. The van der Waals surface area contributed by atoms with Crippen LogP contribution in [0.3, 0.4) is 0 Å². The molecule has 0 unspecified atom stereocenters. The maximum Gasteiger partial charge on any atom is 0.359 e. The summed E-state index contributed by atoms with van der Waals surface area (Å²) in [5, 5.41) is 4.47. The molecule has 3 aromatic rings. The molecule has 2 aliphatic rings. The normalized spacial score (nSPS) is 16.4. The fourth-order valence-electron chi connectivity index (χ4n) is 4.35. The second-order valence-electron chi connectivity index (χ2n) is 8.26. The minimum atomic E-state index is -3.64. The maximum atomic E-state index is 13.3. The van der Waals surface area contributed by atoms with Crippen LogP contribution in [0.15, 0.2) is 53.4 Å². The Labute approximate surface area is 197 Å². The van der Waals surface area contributed by atoms with E-state index < -0.39 is 16.0 Å². The number of hydrogen-bond donors (Lipinski definition) is 0. The number of nitrogens with zero attached hydrogens (tertiary/aromatic N) is 3. The van der Waals surface area contributed by atoms with Crippen molar-refractivity contribution in [2.24, 2.45) is 0 Å². The molecule has 2 heterocycles. The van der Waals surface area contributed by atoms with E-state index in [-0.39, 0.29) is 23.0 Å². The lowest BCUT2D eigenvalue weighted by Gasteiger charge is -2.26. The fourth-order valence-corrected chi connectivity index (χ4v) is 5.82. The lowest BCUT2D eigenvalue weighted by atomic mass is 10.2. The van der Waals surface area contributed by atoms with Gasteiger partial charge in [-0.25, -0.2) is 22.3 Å². The number of carbonyl (C=O) groups is 1. The van der Waals surface area contributed by atoms with E-state index in [0.29, 0.717) is 44.0 Å². The molecule has 10 heteroatoms. The van der Waals surface area contributed by atoms with E-state index in [1.54, 1.807) is 28.9 Å². The summed E-state index contributed by atoms with van der Waals surface area (Å²) in [6.07, 6.45) is 2.39. The summed E-state index contributed by atoms with van der Waals surface area (Å²) in [6, 6.07) is 12.4. The highest BCUT2D eigenvalue weighted by Gasteiger charge is 2.29. The molecule has 1 aliphatic heterocycles. The Bertz CT molecular complexity index is 1310. The molecule has 8 nitrogen and oxygen atoms in total. The molecule has 1 saturated heterocycles. The monoisotopic (exact) mass is 485 g/mol. The molecular weight excluding hydrogens is 461 g/mol. The average molecular weight is 486 g/mol. The van der Waals surface area contributed by atoms with Gasteiger partial charge in [-0.2, -0.15) is 9.40 Å². The number of aromatic nitrogens is 2. The zero-order valence-corrected chi connectivity index (χ0v) is 19.3. The van der Waals surface area contributed by atoms with Crippen molar-refractivity contribution in [1.29, 1.82) is 0 Å². The van der Waals surface area contributed by atoms with Crippen LogP contribution in [0.25, 0.3) is 5.69 Å². The van der Waals surface area contributed by atoms with Crippen molar-refractivity contribution in [2.45, 2.75) is 30.8 Å². The Kier molecular flexibility index (Phi) is 6.20. The van der Waals surface area contributed by atoms with Crippen molar-refractivity contribution < 1.29 is 27.1 Å². The summed E-state index contributed by atoms with van der Waals surface area (Å²) in [5.74, 6) is -0.912. The molecule has 0 radical (unpaired) electrons. The van der Waals surface area contributed by atoms with Crippen LogP contribution in [0.2, 0.25) is 0 Å². The summed E-state index contributed by atoms with van der Waals surface area (Å²) in [7, 11) is -3.64. The molecule has 1 fully saturated rings. The Morgan fingerprint density at radius 1 is 1.09 bits per heavy atom. The molecule has 2 aromatic carbocycles. The van der Waals surface area contributed by atoms with Crippen LogP contribution in [0.1, 0.15) is 33.7 Å². The van der Waals surface area contributed by atoms with Crippen molar-refractivity contribution >= 4 is 16.0 Å². The van der Waals surface area contributed by atoms with Gasteiger partial charge in [0.05, 0.1) is 23.8 Å². The topological polar surface area (TPSA) is 90.7 Å². The lowest BCUT2D eigenvalue weighted by molar-refractivity contribution is 0.0463. The number of ether oxygens (including phenoxy) is 2.